The van der Waals surface area contributed by atoms with E-state index in [0.717, 1.165) is 6.42 Å². The van der Waals surface area contributed by atoms with E-state index in [1.54, 1.807) is 4.90 Å². The van der Waals surface area contributed by atoms with E-state index >= 15 is 0 Å². The van der Waals surface area contributed by atoms with Crippen molar-refractivity contribution in [3.05, 3.63) is 0 Å². The molecule has 0 heterocycles. The molecule has 0 saturated carbocycles. The molecule has 20 heavy (non-hydrogen) atoms. The molecular formula is C14H30N2O4. The summed E-state index contributed by atoms with van der Waals surface area (Å²) >= 11 is 0. The number of hydrogen-bond donors (Lipinski definition) is 1. The van der Waals surface area contributed by atoms with Crippen LogP contribution < -0.4 is 5.73 Å². The van der Waals surface area contributed by atoms with Crippen molar-refractivity contribution < 1.29 is 19.0 Å². The van der Waals surface area contributed by atoms with E-state index in [1.165, 1.54) is 0 Å². The number of hydrogen-bond acceptors (Lipinski definition) is 5. The van der Waals surface area contributed by atoms with Gasteiger partial charge in [0.1, 0.15) is 5.60 Å². The molecule has 0 fully saturated rings. The maximum Gasteiger partial charge on any atom is 0.410 e. The summed E-state index contributed by atoms with van der Waals surface area (Å²) in [6.45, 7) is 11.2. The summed E-state index contributed by atoms with van der Waals surface area (Å²) in [6, 6.07) is 0. The van der Waals surface area contributed by atoms with E-state index in [1.807, 2.05) is 27.7 Å². The summed E-state index contributed by atoms with van der Waals surface area (Å²) in [6.07, 6.45) is 0.625. The van der Waals surface area contributed by atoms with Gasteiger partial charge in [-0.05, 0) is 27.2 Å². The number of nitrogens with two attached hydrogens (primary N) is 1. The molecule has 0 atom stereocenters. The molecule has 0 aliphatic carbocycles. The third-order valence-corrected chi connectivity index (χ3v) is 2.27. The molecule has 0 bridgehead atoms. The van der Waals surface area contributed by atoms with Crippen LogP contribution in [0.4, 0.5) is 4.79 Å². The lowest BCUT2D eigenvalue weighted by atomic mass is 10.2. The van der Waals surface area contributed by atoms with E-state index < -0.39 is 5.60 Å². The average Bonchev–Trinajstić information content (AvgIpc) is 2.34. The Balaban J connectivity index is 4.18. The summed E-state index contributed by atoms with van der Waals surface area (Å²) in [5.74, 6) is 0. The van der Waals surface area contributed by atoms with Gasteiger partial charge in [-0.3, -0.25) is 0 Å². The molecule has 1 amide bonds. The van der Waals surface area contributed by atoms with Gasteiger partial charge in [-0.25, -0.2) is 4.79 Å². The Morgan fingerprint density at radius 2 is 1.60 bits per heavy atom. The van der Waals surface area contributed by atoms with Gasteiger partial charge >= 0.3 is 6.09 Å². The average molecular weight is 290 g/mol. The van der Waals surface area contributed by atoms with Crippen molar-refractivity contribution in [1.29, 1.82) is 0 Å². The van der Waals surface area contributed by atoms with Crippen LogP contribution in [0.3, 0.4) is 0 Å². The van der Waals surface area contributed by atoms with Gasteiger partial charge in [0.25, 0.3) is 0 Å². The minimum absolute atomic E-state index is 0.339. The SMILES string of the molecule is CCCOCCN(CCOCCN)C(=O)OC(C)(C)C. The summed E-state index contributed by atoms with van der Waals surface area (Å²) in [5, 5.41) is 0. The maximum atomic E-state index is 12.1. The van der Waals surface area contributed by atoms with Gasteiger partial charge in [0, 0.05) is 26.2 Å². The lowest BCUT2D eigenvalue weighted by Crippen LogP contribution is -2.40. The molecule has 120 valence electrons. The highest BCUT2D eigenvalue weighted by Crippen LogP contribution is 2.09. The van der Waals surface area contributed by atoms with Crippen LogP contribution in [0.2, 0.25) is 0 Å². The van der Waals surface area contributed by atoms with Crippen LogP contribution in [-0.2, 0) is 14.2 Å². The Kier molecular flexibility index (Phi) is 10.4. The van der Waals surface area contributed by atoms with Crippen molar-refractivity contribution in [2.45, 2.75) is 39.7 Å². The summed E-state index contributed by atoms with van der Waals surface area (Å²) in [7, 11) is 0. The van der Waals surface area contributed by atoms with Crippen LogP contribution in [-0.4, -0.2) is 62.7 Å². The highest BCUT2D eigenvalue weighted by molar-refractivity contribution is 5.68. The summed E-state index contributed by atoms with van der Waals surface area (Å²) in [4.78, 5) is 13.7. The predicted octanol–water partition coefficient (Wildman–Crippen LogP) is 1.63. The van der Waals surface area contributed by atoms with E-state index in [4.69, 9.17) is 19.9 Å². The van der Waals surface area contributed by atoms with Gasteiger partial charge in [0.05, 0.1) is 19.8 Å². The third kappa shape index (κ3) is 11.0. The van der Waals surface area contributed by atoms with Crippen LogP contribution in [0, 0.1) is 0 Å². The first-order chi connectivity index (χ1) is 9.40. The van der Waals surface area contributed by atoms with Crippen LogP contribution in [0.5, 0.6) is 0 Å². The zero-order valence-electron chi connectivity index (χ0n) is 13.3. The van der Waals surface area contributed by atoms with Gasteiger partial charge in [0.2, 0.25) is 0 Å². The van der Waals surface area contributed by atoms with Crippen LogP contribution >= 0.6 is 0 Å². The number of ether oxygens (including phenoxy) is 3. The lowest BCUT2D eigenvalue weighted by molar-refractivity contribution is 0.0102. The Labute approximate surface area is 122 Å². The zero-order chi connectivity index (χ0) is 15.4. The maximum absolute atomic E-state index is 12.1. The quantitative estimate of drug-likeness (QED) is 0.619. The van der Waals surface area contributed by atoms with Crippen molar-refractivity contribution in [3.63, 3.8) is 0 Å². The third-order valence-electron chi connectivity index (χ3n) is 2.27. The number of rotatable bonds is 10. The summed E-state index contributed by atoms with van der Waals surface area (Å²) < 4.78 is 16.1. The fourth-order valence-corrected chi connectivity index (χ4v) is 1.40. The Morgan fingerprint density at radius 1 is 1.05 bits per heavy atom. The van der Waals surface area contributed by atoms with Crippen LogP contribution in [0.1, 0.15) is 34.1 Å². The molecular weight excluding hydrogens is 260 g/mol. The molecule has 6 heteroatoms. The van der Waals surface area contributed by atoms with Gasteiger partial charge in [-0.2, -0.15) is 0 Å². The smallest absolute Gasteiger partial charge is 0.410 e. The van der Waals surface area contributed by atoms with Gasteiger partial charge in [0.15, 0.2) is 0 Å². The molecule has 0 aromatic heterocycles. The van der Waals surface area contributed by atoms with E-state index in [-0.39, 0.29) is 6.09 Å². The second-order valence-electron chi connectivity index (χ2n) is 5.48. The van der Waals surface area contributed by atoms with Crippen molar-refractivity contribution in [3.8, 4) is 0 Å². The number of carbonyl (C=O) groups is 1. The van der Waals surface area contributed by atoms with Crippen molar-refractivity contribution in [1.82, 2.24) is 4.90 Å². The number of nitrogens with zero attached hydrogens (tertiary/aromatic N) is 1. The first kappa shape index (κ1) is 19.1. The van der Waals surface area contributed by atoms with E-state index in [9.17, 15) is 4.79 Å². The molecule has 6 nitrogen and oxygen atoms in total. The number of amides is 1. The lowest BCUT2D eigenvalue weighted by Gasteiger charge is -2.27. The predicted molar refractivity (Wildman–Crippen MR) is 78.8 cm³/mol. The van der Waals surface area contributed by atoms with Crippen molar-refractivity contribution in [2.75, 3.05) is 46.1 Å². The minimum atomic E-state index is -0.502. The second kappa shape index (κ2) is 10.9. The monoisotopic (exact) mass is 290 g/mol. The van der Waals surface area contributed by atoms with E-state index in [0.29, 0.717) is 46.1 Å². The zero-order valence-corrected chi connectivity index (χ0v) is 13.3. The highest BCUT2D eigenvalue weighted by Gasteiger charge is 2.21. The molecule has 0 aliphatic heterocycles. The standard InChI is InChI=1S/C14H30N2O4/c1-5-9-18-11-7-16(8-12-19-10-6-15)13(17)20-14(2,3)4/h5-12,15H2,1-4H3. The van der Waals surface area contributed by atoms with Crippen molar-refractivity contribution >= 4 is 6.09 Å². The van der Waals surface area contributed by atoms with Crippen molar-refractivity contribution in [2.24, 2.45) is 5.73 Å². The molecule has 0 aromatic rings. The van der Waals surface area contributed by atoms with Gasteiger partial charge in [-0.15, -0.1) is 0 Å². The normalized spacial score (nSPS) is 11.4. The molecule has 0 rings (SSSR count). The molecule has 0 aromatic carbocycles. The first-order valence-electron chi connectivity index (χ1n) is 7.24. The largest absolute Gasteiger partial charge is 0.444 e. The summed E-state index contributed by atoms with van der Waals surface area (Å²) in [5.41, 5.74) is 4.85. The first-order valence-corrected chi connectivity index (χ1v) is 7.24. The number of carbonyl (C=O) groups excluding carboxylic acids is 1. The second-order valence-corrected chi connectivity index (χ2v) is 5.48. The molecule has 0 saturated heterocycles. The minimum Gasteiger partial charge on any atom is -0.444 e. The van der Waals surface area contributed by atoms with Gasteiger partial charge in [-0.1, -0.05) is 6.92 Å². The molecule has 2 N–H and O–H groups in total. The Hall–Kier alpha value is -0.850. The molecule has 0 unspecified atom stereocenters. The van der Waals surface area contributed by atoms with E-state index in [2.05, 4.69) is 0 Å². The molecule has 0 radical (unpaired) electrons. The fourth-order valence-electron chi connectivity index (χ4n) is 1.40. The van der Waals surface area contributed by atoms with Crippen LogP contribution in [0.15, 0.2) is 0 Å². The van der Waals surface area contributed by atoms with Gasteiger partial charge < -0.3 is 24.8 Å². The highest BCUT2D eigenvalue weighted by atomic mass is 16.6. The molecule has 0 aliphatic rings. The Bertz CT molecular complexity index is 242. The molecule has 0 spiro atoms. The van der Waals surface area contributed by atoms with Crippen LogP contribution in [0.25, 0.3) is 0 Å². The topological polar surface area (TPSA) is 74.0 Å². The fraction of sp³-hybridized carbons (Fsp3) is 0.929. The Morgan fingerprint density at radius 3 is 2.05 bits per heavy atom.